The summed E-state index contributed by atoms with van der Waals surface area (Å²) in [5.41, 5.74) is 2.74. The van der Waals surface area contributed by atoms with Gasteiger partial charge in [-0.3, -0.25) is 4.79 Å². The summed E-state index contributed by atoms with van der Waals surface area (Å²) >= 11 is 0. The van der Waals surface area contributed by atoms with Gasteiger partial charge in [-0.1, -0.05) is 42.5 Å². The topological polar surface area (TPSA) is 80.2 Å². The maximum absolute atomic E-state index is 13.5. The van der Waals surface area contributed by atoms with E-state index in [1.165, 1.54) is 0 Å². The Labute approximate surface area is 171 Å². The maximum atomic E-state index is 13.5. The molecular weight excluding hydrogens is 386 g/mol. The molecule has 0 unspecified atom stereocenters. The lowest BCUT2D eigenvalue weighted by molar-refractivity contribution is -0.130. The van der Waals surface area contributed by atoms with E-state index in [1.54, 1.807) is 48.2 Å². The number of hydrogen-bond acceptors (Lipinski definition) is 5. The van der Waals surface area contributed by atoms with E-state index in [0.29, 0.717) is 41.1 Å². The zero-order valence-corrected chi connectivity index (χ0v) is 17.7. The van der Waals surface area contributed by atoms with Crippen molar-refractivity contribution in [3.8, 4) is 0 Å². The number of carbonyl (C=O) groups is 1. The van der Waals surface area contributed by atoms with Gasteiger partial charge in [-0.2, -0.15) is 0 Å². The average molecular weight is 412 g/mol. The number of carbonyl (C=O) groups excluding carboxylic acids is 1. The lowest BCUT2D eigenvalue weighted by Crippen LogP contribution is -2.38. The summed E-state index contributed by atoms with van der Waals surface area (Å²) in [6, 6.07) is 16.0. The molecule has 3 aromatic rings. The number of sulfone groups is 1. The quantitative estimate of drug-likeness (QED) is 0.595. The summed E-state index contributed by atoms with van der Waals surface area (Å²) in [7, 11) is -3.88. The van der Waals surface area contributed by atoms with Crippen molar-refractivity contribution in [3.63, 3.8) is 0 Å². The highest BCUT2D eigenvalue weighted by Crippen LogP contribution is 2.28. The molecule has 0 aliphatic rings. The number of benzene rings is 2. The van der Waals surface area contributed by atoms with Crippen LogP contribution in [0, 0.1) is 6.92 Å². The van der Waals surface area contributed by atoms with Gasteiger partial charge in [0.15, 0.2) is 15.1 Å². The van der Waals surface area contributed by atoms with Gasteiger partial charge in [-0.05, 0) is 38.5 Å². The van der Waals surface area contributed by atoms with Gasteiger partial charge in [0.25, 0.3) is 0 Å². The second kappa shape index (κ2) is 8.69. The Morgan fingerprint density at radius 2 is 1.48 bits per heavy atom. The van der Waals surface area contributed by atoms with Crippen LogP contribution in [0.3, 0.4) is 0 Å². The molecule has 3 rings (SSSR count). The lowest BCUT2D eigenvalue weighted by Gasteiger charge is -2.25. The van der Waals surface area contributed by atoms with E-state index >= 15 is 0 Å². The number of aryl methyl sites for hydroxylation is 1. The number of rotatable bonds is 7. The molecule has 1 aromatic heterocycles. The molecule has 0 aliphatic heterocycles. The van der Waals surface area contributed by atoms with Gasteiger partial charge < -0.3 is 4.90 Å². The monoisotopic (exact) mass is 411 g/mol. The van der Waals surface area contributed by atoms with E-state index in [-0.39, 0.29) is 5.75 Å². The van der Waals surface area contributed by atoms with Crippen LogP contribution < -0.4 is 0 Å². The van der Waals surface area contributed by atoms with Gasteiger partial charge in [-0.25, -0.2) is 18.4 Å². The minimum Gasteiger partial charge on any atom is -0.342 e. The summed E-state index contributed by atoms with van der Waals surface area (Å²) in [5.74, 6) is -0.754. The molecule has 0 radical (unpaired) electrons. The average Bonchev–Trinajstić information content (AvgIpc) is 2.70. The molecule has 0 spiro atoms. The first-order chi connectivity index (χ1) is 13.9. The van der Waals surface area contributed by atoms with E-state index in [4.69, 9.17) is 0 Å². The summed E-state index contributed by atoms with van der Waals surface area (Å²) < 4.78 is 26.9. The molecule has 0 bridgehead atoms. The van der Waals surface area contributed by atoms with Gasteiger partial charge >= 0.3 is 0 Å². The van der Waals surface area contributed by atoms with Crippen LogP contribution in [-0.2, 0) is 20.4 Å². The third-order valence-electron chi connectivity index (χ3n) is 4.94. The molecule has 29 heavy (non-hydrogen) atoms. The van der Waals surface area contributed by atoms with Crippen molar-refractivity contribution < 1.29 is 13.2 Å². The third kappa shape index (κ3) is 4.45. The molecule has 1 atom stereocenters. The number of aromatic nitrogens is 2. The Kier molecular flexibility index (Phi) is 6.27. The lowest BCUT2D eigenvalue weighted by atomic mass is 10.1. The molecule has 0 N–H and O–H groups in total. The first-order valence-electron chi connectivity index (χ1n) is 9.65. The molecule has 152 valence electrons. The van der Waals surface area contributed by atoms with Crippen molar-refractivity contribution in [2.75, 3.05) is 13.1 Å². The zero-order valence-electron chi connectivity index (χ0n) is 16.9. The largest absolute Gasteiger partial charge is 0.342 e. The highest BCUT2D eigenvalue weighted by atomic mass is 32.2. The molecule has 7 heteroatoms. The fourth-order valence-electron chi connectivity index (χ4n) is 3.37. The normalized spacial score (nSPS) is 12.7. The van der Waals surface area contributed by atoms with Crippen molar-refractivity contribution in [1.29, 1.82) is 0 Å². The Morgan fingerprint density at radius 1 is 0.931 bits per heavy atom. The predicted octanol–water partition coefficient (Wildman–Crippen LogP) is 3.46. The van der Waals surface area contributed by atoms with Crippen molar-refractivity contribution in [3.05, 3.63) is 71.5 Å². The van der Waals surface area contributed by atoms with Crippen LogP contribution in [0.1, 0.15) is 36.0 Å². The number of nitrogens with zero attached hydrogens (tertiary/aromatic N) is 3. The van der Waals surface area contributed by atoms with Gasteiger partial charge in [-0.15, -0.1) is 0 Å². The molecule has 0 saturated carbocycles. The first-order valence-corrected chi connectivity index (χ1v) is 11.4. The Balaban J connectivity index is 2.05. The Hall–Kier alpha value is -2.80. The number of para-hydroxylation sites is 2. The minimum atomic E-state index is -3.88. The van der Waals surface area contributed by atoms with Crippen molar-refractivity contribution >= 4 is 26.8 Å². The van der Waals surface area contributed by atoms with Crippen molar-refractivity contribution in [1.82, 2.24) is 14.9 Å². The standard InChI is InChI=1S/C22H25N3O3S/c1-4-25(5-2)22(26)21(17-11-7-6-8-12-17)29(27,28)15-20-16(3)23-18-13-9-10-14-19(18)24-20/h6-14,21H,4-5,15H2,1-3H3/t21-/m1/s1. The molecule has 2 aromatic carbocycles. The fraction of sp³-hybridized carbons (Fsp3) is 0.318. The van der Waals surface area contributed by atoms with E-state index in [1.807, 2.05) is 32.0 Å². The van der Waals surface area contributed by atoms with E-state index in [0.717, 1.165) is 0 Å². The third-order valence-corrected chi connectivity index (χ3v) is 6.81. The van der Waals surface area contributed by atoms with Gasteiger partial charge in [0, 0.05) is 13.1 Å². The number of fused-ring (bicyclic) bond motifs is 1. The molecule has 1 amide bonds. The van der Waals surface area contributed by atoms with Crippen LogP contribution in [0.4, 0.5) is 0 Å². The zero-order chi connectivity index (χ0) is 21.0. The highest BCUT2D eigenvalue weighted by molar-refractivity contribution is 7.91. The van der Waals surface area contributed by atoms with E-state index in [9.17, 15) is 13.2 Å². The summed E-state index contributed by atoms with van der Waals surface area (Å²) in [4.78, 5) is 23.7. The first kappa shape index (κ1) is 20.9. The van der Waals surface area contributed by atoms with Gasteiger partial charge in [0.1, 0.15) is 0 Å². The molecule has 0 fully saturated rings. The minimum absolute atomic E-state index is 0.344. The predicted molar refractivity (Wildman–Crippen MR) is 114 cm³/mol. The highest BCUT2D eigenvalue weighted by Gasteiger charge is 2.37. The van der Waals surface area contributed by atoms with Crippen LogP contribution in [0.15, 0.2) is 54.6 Å². The van der Waals surface area contributed by atoms with Gasteiger partial charge in [0.05, 0.1) is 28.2 Å². The number of hydrogen-bond donors (Lipinski definition) is 0. The second-order valence-electron chi connectivity index (χ2n) is 6.85. The molecule has 0 aliphatic carbocycles. The summed E-state index contributed by atoms with van der Waals surface area (Å²) in [5, 5.41) is -1.27. The Morgan fingerprint density at radius 3 is 2.07 bits per heavy atom. The molecule has 0 saturated heterocycles. The van der Waals surface area contributed by atoms with Crippen LogP contribution in [0.25, 0.3) is 11.0 Å². The van der Waals surface area contributed by atoms with Crippen LogP contribution >= 0.6 is 0 Å². The fourth-order valence-corrected chi connectivity index (χ4v) is 5.22. The van der Waals surface area contributed by atoms with E-state index < -0.39 is 21.0 Å². The maximum Gasteiger partial charge on any atom is 0.245 e. The van der Waals surface area contributed by atoms with E-state index in [2.05, 4.69) is 9.97 Å². The summed E-state index contributed by atoms with van der Waals surface area (Å²) in [6.07, 6.45) is 0. The number of likely N-dealkylation sites (N-methyl/N-ethyl adjacent to an activating group) is 1. The molecule has 1 heterocycles. The summed E-state index contributed by atoms with van der Waals surface area (Å²) in [6.45, 7) is 6.32. The smallest absolute Gasteiger partial charge is 0.245 e. The number of amides is 1. The van der Waals surface area contributed by atoms with Crippen molar-refractivity contribution in [2.24, 2.45) is 0 Å². The molecular formula is C22H25N3O3S. The molecule has 6 nitrogen and oxygen atoms in total. The second-order valence-corrected chi connectivity index (χ2v) is 8.94. The van der Waals surface area contributed by atoms with Crippen LogP contribution in [-0.4, -0.2) is 42.3 Å². The SMILES string of the molecule is CCN(CC)C(=O)[C@@H](c1ccccc1)S(=O)(=O)Cc1nc2ccccc2nc1C. The van der Waals surface area contributed by atoms with Gasteiger partial charge in [0.2, 0.25) is 5.91 Å². The Bertz CT molecular complexity index is 1110. The van der Waals surface area contributed by atoms with Crippen LogP contribution in [0.2, 0.25) is 0 Å². The van der Waals surface area contributed by atoms with Crippen molar-refractivity contribution in [2.45, 2.75) is 31.8 Å². The van der Waals surface area contributed by atoms with Crippen LogP contribution in [0.5, 0.6) is 0 Å².